The fourth-order valence-corrected chi connectivity index (χ4v) is 4.15. The Morgan fingerprint density at radius 2 is 2.11 bits per heavy atom. The molecule has 0 saturated heterocycles. The minimum Gasteiger partial charge on any atom is -0.303 e. The first-order valence-electron chi connectivity index (χ1n) is 7.38. The zero-order valence-electron chi connectivity index (χ0n) is 11.5. The Morgan fingerprint density at radius 1 is 1.28 bits per heavy atom. The van der Waals surface area contributed by atoms with Crippen molar-refractivity contribution in [1.29, 1.82) is 0 Å². The molecule has 1 aromatic rings. The average molecular weight is 264 g/mol. The van der Waals surface area contributed by atoms with Gasteiger partial charge >= 0.3 is 0 Å². The third-order valence-electron chi connectivity index (χ3n) is 4.45. The molecule has 2 aliphatic carbocycles. The molecule has 0 aliphatic heterocycles. The van der Waals surface area contributed by atoms with Gasteiger partial charge in [0.05, 0.1) is 5.54 Å². The van der Waals surface area contributed by atoms with Crippen molar-refractivity contribution in [3.05, 3.63) is 16.1 Å². The van der Waals surface area contributed by atoms with E-state index in [1.807, 2.05) is 11.3 Å². The molecule has 18 heavy (non-hydrogen) atoms. The van der Waals surface area contributed by atoms with E-state index in [0.717, 1.165) is 12.0 Å². The summed E-state index contributed by atoms with van der Waals surface area (Å²) in [4.78, 5) is 4.81. The minimum atomic E-state index is 0.199. The number of hydrogen-bond donors (Lipinski definition) is 1. The highest BCUT2D eigenvalue weighted by molar-refractivity contribution is 7.09. The third-order valence-corrected chi connectivity index (χ3v) is 5.61. The molecular formula is C15H24N2S. The van der Waals surface area contributed by atoms with E-state index >= 15 is 0 Å². The molecule has 0 radical (unpaired) electrons. The lowest BCUT2D eigenvalue weighted by Crippen LogP contribution is -2.43. The molecular weight excluding hydrogens is 240 g/mol. The van der Waals surface area contributed by atoms with Crippen LogP contribution in [-0.2, 0) is 5.54 Å². The standard InChI is InChI=1S/C15H24N2S/c1-11-4-3-8-15(9-7-11,17-13-5-6-13)14-16-12(2)10-18-14/h10-11,13,17H,3-9H2,1-2H3. The quantitative estimate of drug-likeness (QED) is 0.835. The Bertz CT molecular complexity index is 410. The number of rotatable bonds is 3. The Kier molecular flexibility index (Phi) is 3.46. The van der Waals surface area contributed by atoms with Crippen LogP contribution < -0.4 is 5.32 Å². The fourth-order valence-electron chi connectivity index (χ4n) is 3.13. The second kappa shape index (κ2) is 4.93. The van der Waals surface area contributed by atoms with E-state index in [1.165, 1.54) is 55.6 Å². The van der Waals surface area contributed by atoms with Crippen molar-refractivity contribution in [2.75, 3.05) is 0 Å². The van der Waals surface area contributed by atoms with Crippen molar-refractivity contribution in [2.24, 2.45) is 5.92 Å². The molecule has 1 N–H and O–H groups in total. The molecule has 0 aromatic carbocycles. The van der Waals surface area contributed by atoms with Gasteiger partial charge in [0.2, 0.25) is 0 Å². The van der Waals surface area contributed by atoms with Crippen LogP contribution in [0.4, 0.5) is 0 Å². The van der Waals surface area contributed by atoms with Gasteiger partial charge in [-0.05, 0) is 44.9 Å². The normalized spacial score (nSPS) is 33.3. The van der Waals surface area contributed by atoms with E-state index in [-0.39, 0.29) is 5.54 Å². The summed E-state index contributed by atoms with van der Waals surface area (Å²) in [6.45, 7) is 4.52. The third kappa shape index (κ3) is 2.62. The number of nitrogens with one attached hydrogen (secondary N) is 1. The van der Waals surface area contributed by atoms with Crippen LogP contribution in [0.5, 0.6) is 0 Å². The molecule has 0 bridgehead atoms. The molecule has 2 unspecified atom stereocenters. The van der Waals surface area contributed by atoms with Crippen LogP contribution in [-0.4, -0.2) is 11.0 Å². The van der Waals surface area contributed by atoms with E-state index < -0.39 is 0 Å². The fraction of sp³-hybridized carbons (Fsp3) is 0.800. The number of aryl methyl sites for hydroxylation is 1. The zero-order chi connectivity index (χ0) is 12.6. The van der Waals surface area contributed by atoms with Crippen LogP contribution in [0.25, 0.3) is 0 Å². The summed E-state index contributed by atoms with van der Waals surface area (Å²) >= 11 is 1.86. The molecule has 1 aromatic heterocycles. The van der Waals surface area contributed by atoms with Crippen molar-refractivity contribution in [2.45, 2.75) is 70.4 Å². The highest BCUT2D eigenvalue weighted by Gasteiger charge is 2.40. The van der Waals surface area contributed by atoms with Crippen LogP contribution in [0, 0.1) is 12.8 Å². The largest absolute Gasteiger partial charge is 0.303 e. The molecule has 2 saturated carbocycles. The first kappa shape index (κ1) is 12.6. The summed E-state index contributed by atoms with van der Waals surface area (Å²) in [5.74, 6) is 0.883. The van der Waals surface area contributed by atoms with E-state index in [9.17, 15) is 0 Å². The summed E-state index contributed by atoms with van der Waals surface area (Å²) in [6, 6.07) is 0.766. The maximum atomic E-state index is 4.81. The van der Waals surface area contributed by atoms with Crippen LogP contribution in [0.3, 0.4) is 0 Å². The number of nitrogens with zero attached hydrogens (tertiary/aromatic N) is 1. The van der Waals surface area contributed by atoms with Crippen LogP contribution in [0.2, 0.25) is 0 Å². The van der Waals surface area contributed by atoms with Gasteiger partial charge in [-0.1, -0.05) is 19.8 Å². The van der Waals surface area contributed by atoms with Crippen LogP contribution in [0.15, 0.2) is 5.38 Å². The van der Waals surface area contributed by atoms with Gasteiger partial charge in [0.25, 0.3) is 0 Å². The molecule has 2 nitrogen and oxygen atoms in total. The lowest BCUT2D eigenvalue weighted by atomic mass is 9.90. The first-order chi connectivity index (χ1) is 8.68. The zero-order valence-corrected chi connectivity index (χ0v) is 12.4. The molecule has 2 atom stereocenters. The molecule has 2 fully saturated rings. The van der Waals surface area contributed by atoms with E-state index in [4.69, 9.17) is 4.98 Å². The van der Waals surface area contributed by atoms with Crippen molar-refractivity contribution >= 4 is 11.3 Å². The second-order valence-corrected chi connectivity index (χ2v) is 7.19. The first-order valence-corrected chi connectivity index (χ1v) is 8.26. The van der Waals surface area contributed by atoms with Gasteiger partial charge in [-0.3, -0.25) is 0 Å². The van der Waals surface area contributed by atoms with Gasteiger partial charge in [-0.15, -0.1) is 11.3 Å². The molecule has 0 amide bonds. The van der Waals surface area contributed by atoms with Gasteiger partial charge in [0.15, 0.2) is 0 Å². The van der Waals surface area contributed by atoms with E-state index in [0.29, 0.717) is 0 Å². The maximum Gasteiger partial charge on any atom is 0.113 e. The molecule has 3 rings (SSSR count). The smallest absolute Gasteiger partial charge is 0.113 e. The second-order valence-electron chi connectivity index (χ2n) is 6.33. The van der Waals surface area contributed by atoms with E-state index in [2.05, 4.69) is 24.5 Å². The SMILES string of the molecule is Cc1csc(C2(NC3CC3)CCCC(C)CC2)n1. The highest BCUT2D eigenvalue weighted by atomic mass is 32.1. The Labute approximate surface area is 114 Å². The molecule has 3 heteroatoms. The Hall–Kier alpha value is -0.410. The lowest BCUT2D eigenvalue weighted by Gasteiger charge is -2.32. The van der Waals surface area contributed by atoms with Gasteiger partial charge in [0.1, 0.15) is 5.01 Å². The average Bonchev–Trinajstić information content (AvgIpc) is 3.08. The highest BCUT2D eigenvalue weighted by Crippen LogP contribution is 2.41. The molecule has 1 heterocycles. The van der Waals surface area contributed by atoms with Crippen molar-refractivity contribution in [3.63, 3.8) is 0 Å². The topological polar surface area (TPSA) is 24.9 Å². The van der Waals surface area contributed by atoms with Gasteiger partial charge in [-0.25, -0.2) is 4.98 Å². The lowest BCUT2D eigenvalue weighted by molar-refractivity contribution is 0.282. The summed E-state index contributed by atoms with van der Waals surface area (Å²) in [6.07, 6.45) is 9.36. The predicted molar refractivity (Wildman–Crippen MR) is 76.9 cm³/mol. The molecule has 2 aliphatic rings. The number of aromatic nitrogens is 1. The van der Waals surface area contributed by atoms with Gasteiger partial charge in [-0.2, -0.15) is 0 Å². The Balaban J connectivity index is 1.86. The van der Waals surface area contributed by atoms with Crippen molar-refractivity contribution in [1.82, 2.24) is 10.3 Å². The predicted octanol–water partition coefficient (Wildman–Crippen LogP) is 4.00. The Morgan fingerprint density at radius 3 is 2.78 bits per heavy atom. The molecule has 0 spiro atoms. The number of thiazole rings is 1. The van der Waals surface area contributed by atoms with Crippen LogP contribution >= 0.6 is 11.3 Å². The summed E-state index contributed by atoms with van der Waals surface area (Å²) in [5, 5.41) is 7.50. The maximum absolute atomic E-state index is 4.81. The van der Waals surface area contributed by atoms with Gasteiger partial charge in [0, 0.05) is 17.1 Å². The minimum absolute atomic E-state index is 0.199. The van der Waals surface area contributed by atoms with Crippen LogP contribution in [0.1, 0.15) is 62.6 Å². The van der Waals surface area contributed by atoms with E-state index in [1.54, 1.807) is 0 Å². The summed E-state index contributed by atoms with van der Waals surface area (Å²) < 4.78 is 0. The van der Waals surface area contributed by atoms with Gasteiger partial charge < -0.3 is 5.32 Å². The monoisotopic (exact) mass is 264 g/mol. The van der Waals surface area contributed by atoms with Crippen molar-refractivity contribution in [3.8, 4) is 0 Å². The summed E-state index contributed by atoms with van der Waals surface area (Å²) in [5.41, 5.74) is 1.38. The number of hydrogen-bond acceptors (Lipinski definition) is 3. The summed E-state index contributed by atoms with van der Waals surface area (Å²) in [7, 11) is 0. The van der Waals surface area contributed by atoms with Crippen molar-refractivity contribution < 1.29 is 0 Å². The molecule has 100 valence electrons.